The molecule has 9 heteroatoms. The largest absolute Gasteiger partial charge is 0.497 e. The number of rotatable bonds is 6. The molecule has 0 unspecified atom stereocenters. The third-order valence-electron chi connectivity index (χ3n) is 5.80. The van der Waals surface area contributed by atoms with Gasteiger partial charge >= 0.3 is 6.03 Å². The van der Waals surface area contributed by atoms with Gasteiger partial charge in [-0.15, -0.1) is 0 Å². The van der Waals surface area contributed by atoms with Gasteiger partial charge < -0.3 is 24.4 Å². The van der Waals surface area contributed by atoms with E-state index in [1.165, 1.54) is 7.11 Å². The van der Waals surface area contributed by atoms with Gasteiger partial charge in [0.1, 0.15) is 11.8 Å². The highest BCUT2D eigenvalue weighted by Crippen LogP contribution is 2.33. The molecular formula is C23H25N3O6. The number of fused-ring (bicyclic) bond motifs is 1. The summed E-state index contributed by atoms with van der Waals surface area (Å²) < 4.78 is 15.8. The first kappa shape index (κ1) is 21.5. The maximum Gasteiger partial charge on any atom is 0.329 e. The number of amides is 4. The van der Waals surface area contributed by atoms with Gasteiger partial charge in [0.15, 0.2) is 11.5 Å². The highest BCUT2D eigenvalue weighted by atomic mass is 16.5. The van der Waals surface area contributed by atoms with Crippen LogP contribution in [-0.4, -0.2) is 56.7 Å². The van der Waals surface area contributed by atoms with Crippen molar-refractivity contribution in [3.63, 3.8) is 0 Å². The smallest absolute Gasteiger partial charge is 0.329 e. The molecule has 0 bridgehead atoms. The molecule has 4 amide bonds. The van der Waals surface area contributed by atoms with Gasteiger partial charge in [-0.2, -0.15) is 0 Å². The summed E-state index contributed by atoms with van der Waals surface area (Å²) >= 11 is 0. The normalized spacial score (nSPS) is 17.7. The van der Waals surface area contributed by atoms with Crippen LogP contribution in [0.1, 0.15) is 17.5 Å². The Bertz CT molecular complexity index is 1050. The summed E-state index contributed by atoms with van der Waals surface area (Å²) in [7, 11) is 4.69. The number of nitrogens with zero attached hydrogens (tertiary/aromatic N) is 2. The van der Waals surface area contributed by atoms with Crippen LogP contribution in [0.15, 0.2) is 36.4 Å². The Morgan fingerprint density at radius 2 is 1.66 bits per heavy atom. The van der Waals surface area contributed by atoms with E-state index in [-0.39, 0.29) is 12.3 Å². The molecule has 2 heterocycles. The number of nitrogens with one attached hydrogen (secondary N) is 1. The number of hydrogen-bond acceptors (Lipinski definition) is 6. The lowest BCUT2D eigenvalue weighted by Crippen LogP contribution is -2.41. The Morgan fingerprint density at radius 1 is 1.00 bits per heavy atom. The zero-order valence-electron chi connectivity index (χ0n) is 18.2. The number of methoxy groups -OCH3 is 3. The Morgan fingerprint density at radius 3 is 2.28 bits per heavy atom. The van der Waals surface area contributed by atoms with Gasteiger partial charge in [-0.25, -0.2) is 9.69 Å². The van der Waals surface area contributed by atoms with Crippen molar-refractivity contribution in [2.45, 2.75) is 25.4 Å². The second-order valence-corrected chi connectivity index (χ2v) is 7.62. The number of benzene rings is 2. The van der Waals surface area contributed by atoms with Crippen LogP contribution in [0.3, 0.4) is 0 Å². The van der Waals surface area contributed by atoms with Crippen LogP contribution >= 0.6 is 0 Å². The van der Waals surface area contributed by atoms with Crippen LogP contribution in [-0.2, 0) is 22.6 Å². The van der Waals surface area contributed by atoms with Crippen molar-refractivity contribution in [1.29, 1.82) is 0 Å². The zero-order chi connectivity index (χ0) is 22.8. The summed E-state index contributed by atoms with van der Waals surface area (Å²) in [5, 5.41) is 2.63. The molecule has 0 spiro atoms. The molecule has 1 atom stereocenters. The van der Waals surface area contributed by atoms with E-state index in [0.717, 1.165) is 16.0 Å². The molecule has 1 N–H and O–H groups in total. The predicted molar refractivity (Wildman–Crippen MR) is 116 cm³/mol. The first-order valence-electron chi connectivity index (χ1n) is 10.2. The van der Waals surface area contributed by atoms with E-state index >= 15 is 0 Å². The van der Waals surface area contributed by atoms with E-state index in [4.69, 9.17) is 14.2 Å². The maximum atomic E-state index is 13.0. The highest BCUT2D eigenvalue weighted by molar-refractivity contribution is 6.22. The summed E-state index contributed by atoms with van der Waals surface area (Å²) in [5.41, 5.74) is 2.50. The Labute approximate surface area is 185 Å². The SMILES string of the molecule is COc1ccc(N2C(=O)N[C@H](CC(=O)N3CCc4cc(OC)c(OC)cc4C3)C2=O)cc1. The van der Waals surface area contributed by atoms with E-state index in [0.29, 0.717) is 42.4 Å². The second kappa shape index (κ2) is 8.78. The maximum absolute atomic E-state index is 13.0. The summed E-state index contributed by atoms with van der Waals surface area (Å²) in [6.45, 7) is 0.934. The minimum Gasteiger partial charge on any atom is -0.497 e. The lowest BCUT2D eigenvalue weighted by Gasteiger charge is -2.30. The molecule has 2 aliphatic rings. The first-order valence-corrected chi connectivity index (χ1v) is 10.2. The molecule has 2 aliphatic heterocycles. The summed E-state index contributed by atoms with van der Waals surface area (Å²) in [5.74, 6) is 1.24. The fraction of sp³-hybridized carbons (Fsp3) is 0.348. The number of carbonyl (C=O) groups is 3. The van der Waals surface area contributed by atoms with E-state index in [1.54, 1.807) is 43.4 Å². The van der Waals surface area contributed by atoms with Crippen LogP contribution in [0, 0.1) is 0 Å². The number of ether oxygens (including phenoxy) is 3. The number of imide groups is 1. The minimum atomic E-state index is -0.899. The molecule has 0 aromatic heterocycles. The van der Waals surface area contributed by atoms with Gasteiger partial charge in [-0.3, -0.25) is 9.59 Å². The zero-order valence-corrected chi connectivity index (χ0v) is 18.2. The van der Waals surface area contributed by atoms with Crippen LogP contribution < -0.4 is 24.4 Å². The molecule has 32 heavy (non-hydrogen) atoms. The van der Waals surface area contributed by atoms with Gasteiger partial charge in [0, 0.05) is 13.1 Å². The molecule has 0 saturated carbocycles. The van der Waals surface area contributed by atoms with Crippen LogP contribution in [0.4, 0.5) is 10.5 Å². The number of urea groups is 1. The molecule has 2 aromatic rings. The summed E-state index contributed by atoms with van der Waals surface area (Å²) in [4.78, 5) is 41.0. The molecule has 0 aliphatic carbocycles. The number of carbonyl (C=O) groups excluding carboxylic acids is 3. The van der Waals surface area contributed by atoms with Crippen molar-refractivity contribution < 1.29 is 28.6 Å². The lowest BCUT2D eigenvalue weighted by molar-refractivity contribution is -0.134. The molecule has 9 nitrogen and oxygen atoms in total. The monoisotopic (exact) mass is 439 g/mol. The highest BCUT2D eigenvalue weighted by Gasteiger charge is 2.41. The average Bonchev–Trinajstić information content (AvgIpc) is 3.10. The standard InChI is InChI=1S/C23H25N3O6/c1-30-17-6-4-16(5-7-17)26-22(28)18(24-23(26)29)12-21(27)25-9-8-14-10-19(31-2)20(32-3)11-15(14)13-25/h4-7,10-11,18H,8-9,12-13H2,1-3H3,(H,24,29)/t18-/m1/s1. The van der Waals surface area contributed by atoms with Crippen molar-refractivity contribution in [3.05, 3.63) is 47.5 Å². The van der Waals surface area contributed by atoms with Crippen LogP contribution in [0.2, 0.25) is 0 Å². The van der Waals surface area contributed by atoms with Crippen LogP contribution in [0.25, 0.3) is 0 Å². The van der Waals surface area contributed by atoms with E-state index in [2.05, 4.69) is 5.32 Å². The molecule has 2 aromatic carbocycles. The minimum absolute atomic E-state index is 0.0974. The third kappa shape index (κ3) is 3.93. The summed E-state index contributed by atoms with van der Waals surface area (Å²) in [6.07, 6.45) is 0.574. The Kier molecular flexibility index (Phi) is 5.89. The first-order chi connectivity index (χ1) is 15.4. The van der Waals surface area contributed by atoms with Crippen molar-refractivity contribution in [1.82, 2.24) is 10.2 Å². The fourth-order valence-corrected chi connectivity index (χ4v) is 4.05. The average molecular weight is 439 g/mol. The van der Waals surface area contributed by atoms with Crippen LogP contribution in [0.5, 0.6) is 17.2 Å². The van der Waals surface area contributed by atoms with E-state index < -0.39 is 18.0 Å². The van der Waals surface area contributed by atoms with Gasteiger partial charge in [0.25, 0.3) is 5.91 Å². The second-order valence-electron chi connectivity index (χ2n) is 7.62. The quantitative estimate of drug-likeness (QED) is 0.693. The third-order valence-corrected chi connectivity index (χ3v) is 5.80. The molecule has 1 fully saturated rings. The lowest BCUT2D eigenvalue weighted by atomic mass is 9.98. The van der Waals surface area contributed by atoms with Crippen molar-refractivity contribution in [2.75, 3.05) is 32.8 Å². The Balaban J connectivity index is 1.44. The molecule has 168 valence electrons. The fourth-order valence-electron chi connectivity index (χ4n) is 4.05. The predicted octanol–water partition coefficient (Wildman–Crippen LogP) is 2.11. The molecule has 4 rings (SSSR count). The molecule has 1 saturated heterocycles. The van der Waals surface area contributed by atoms with Gasteiger partial charge in [0.2, 0.25) is 5.91 Å². The van der Waals surface area contributed by atoms with Crippen molar-refractivity contribution in [3.8, 4) is 17.2 Å². The van der Waals surface area contributed by atoms with Crippen molar-refractivity contribution >= 4 is 23.5 Å². The van der Waals surface area contributed by atoms with Gasteiger partial charge in [-0.1, -0.05) is 0 Å². The van der Waals surface area contributed by atoms with Gasteiger partial charge in [-0.05, 0) is 53.9 Å². The Hall–Kier alpha value is -3.75. The van der Waals surface area contributed by atoms with Gasteiger partial charge in [0.05, 0.1) is 33.4 Å². The van der Waals surface area contributed by atoms with Crippen molar-refractivity contribution in [2.24, 2.45) is 0 Å². The number of hydrogen-bond donors (Lipinski definition) is 1. The molecule has 0 radical (unpaired) electrons. The van der Waals surface area contributed by atoms with E-state index in [9.17, 15) is 14.4 Å². The number of anilines is 1. The molecular weight excluding hydrogens is 414 g/mol. The topological polar surface area (TPSA) is 97.4 Å². The summed E-state index contributed by atoms with van der Waals surface area (Å²) in [6, 6.07) is 8.96. The van der Waals surface area contributed by atoms with E-state index in [1.807, 2.05) is 12.1 Å².